The Balaban J connectivity index is 2.05. The van der Waals surface area contributed by atoms with Crippen LogP contribution >= 0.6 is 0 Å². The van der Waals surface area contributed by atoms with Crippen molar-refractivity contribution in [3.63, 3.8) is 0 Å². The molecule has 0 unspecified atom stereocenters. The molecule has 0 spiro atoms. The zero-order valence-electron chi connectivity index (χ0n) is 12.5. The SMILES string of the molecule is O=C(N[C@@H]1O[C@H](CO)[C@@H](O)[C@H](O)[C@H]1O)N1C[C@@H](O)[C@H](O)[C@@H](O)[C@H]1O. The van der Waals surface area contributed by atoms with Crippen molar-refractivity contribution in [1.29, 1.82) is 0 Å². The van der Waals surface area contributed by atoms with Crippen molar-refractivity contribution in [2.24, 2.45) is 0 Å². The van der Waals surface area contributed by atoms with Crippen molar-refractivity contribution < 1.29 is 50.4 Å². The lowest BCUT2D eigenvalue weighted by Crippen LogP contribution is -2.68. The third-order valence-corrected chi connectivity index (χ3v) is 4.17. The smallest absolute Gasteiger partial charge is 0.321 e. The Morgan fingerprint density at radius 2 is 1.58 bits per heavy atom. The zero-order valence-corrected chi connectivity index (χ0v) is 12.5. The van der Waals surface area contributed by atoms with Gasteiger partial charge < -0.3 is 50.9 Å². The molecule has 9 atom stereocenters. The summed E-state index contributed by atoms with van der Waals surface area (Å²) in [4.78, 5) is 12.8. The van der Waals surface area contributed by atoms with Gasteiger partial charge in [0.15, 0.2) is 12.5 Å². The maximum atomic E-state index is 12.2. The molecule has 140 valence electrons. The highest BCUT2D eigenvalue weighted by Gasteiger charge is 2.46. The number of rotatable bonds is 2. The van der Waals surface area contributed by atoms with E-state index < -0.39 is 74.4 Å². The molecule has 2 saturated heterocycles. The summed E-state index contributed by atoms with van der Waals surface area (Å²) in [5, 5.41) is 78.7. The monoisotopic (exact) mass is 354 g/mol. The molecule has 0 aromatic carbocycles. The van der Waals surface area contributed by atoms with Gasteiger partial charge in [-0.2, -0.15) is 0 Å². The molecule has 2 aliphatic rings. The van der Waals surface area contributed by atoms with Crippen molar-refractivity contribution in [3.8, 4) is 0 Å². The van der Waals surface area contributed by atoms with Crippen LogP contribution in [0, 0.1) is 0 Å². The minimum Gasteiger partial charge on any atom is -0.394 e. The molecule has 0 aliphatic carbocycles. The van der Waals surface area contributed by atoms with Crippen molar-refractivity contribution in [1.82, 2.24) is 10.2 Å². The van der Waals surface area contributed by atoms with Crippen LogP contribution in [0.3, 0.4) is 0 Å². The van der Waals surface area contributed by atoms with Crippen LogP contribution in [0.5, 0.6) is 0 Å². The Morgan fingerprint density at radius 3 is 2.17 bits per heavy atom. The molecular formula is C12H22N2O10. The molecule has 9 N–H and O–H groups in total. The number of nitrogens with one attached hydrogen (secondary N) is 1. The lowest BCUT2D eigenvalue weighted by molar-refractivity contribution is -0.235. The van der Waals surface area contributed by atoms with E-state index in [2.05, 4.69) is 5.32 Å². The van der Waals surface area contributed by atoms with Crippen LogP contribution < -0.4 is 5.32 Å². The van der Waals surface area contributed by atoms with Gasteiger partial charge in [0.05, 0.1) is 13.2 Å². The van der Waals surface area contributed by atoms with Crippen molar-refractivity contribution >= 4 is 6.03 Å². The molecule has 2 fully saturated rings. The van der Waals surface area contributed by atoms with Gasteiger partial charge in [0.1, 0.15) is 42.7 Å². The zero-order chi connectivity index (χ0) is 18.2. The Bertz CT molecular complexity index is 452. The van der Waals surface area contributed by atoms with Gasteiger partial charge in [-0.25, -0.2) is 4.79 Å². The highest BCUT2D eigenvalue weighted by Crippen LogP contribution is 2.21. The number of carbonyl (C=O) groups is 1. The fourth-order valence-corrected chi connectivity index (χ4v) is 2.63. The number of likely N-dealkylation sites (tertiary alicyclic amines) is 1. The van der Waals surface area contributed by atoms with Gasteiger partial charge >= 0.3 is 6.03 Å². The van der Waals surface area contributed by atoms with Gasteiger partial charge in [0.25, 0.3) is 0 Å². The second kappa shape index (κ2) is 7.43. The Labute approximate surface area is 136 Å². The second-order valence-electron chi connectivity index (χ2n) is 5.81. The molecule has 0 aromatic heterocycles. The first kappa shape index (κ1) is 19.2. The summed E-state index contributed by atoms with van der Waals surface area (Å²) in [5.41, 5.74) is 0. The number of aliphatic hydroxyl groups excluding tert-OH is 8. The Kier molecular flexibility index (Phi) is 5.95. The third kappa shape index (κ3) is 3.46. The molecule has 2 aliphatic heterocycles. The van der Waals surface area contributed by atoms with E-state index in [0.717, 1.165) is 0 Å². The standard InChI is InChI=1S/C12H22N2O10/c15-2-4-6(18)7(19)8(20)10(24-4)13-12(23)14-1-3(16)5(17)9(21)11(14)22/h3-11,15-22H,1-2H2,(H,13,23)/t3-,4-,5+,6-,7+,8-,9-,10-,11-/m1/s1. The molecule has 24 heavy (non-hydrogen) atoms. The Morgan fingerprint density at radius 1 is 0.958 bits per heavy atom. The summed E-state index contributed by atoms with van der Waals surface area (Å²) in [5.74, 6) is 0. The van der Waals surface area contributed by atoms with E-state index in [9.17, 15) is 40.5 Å². The molecular weight excluding hydrogens is 332 g/mol. The molecule has 0 bridgehead atoms. The van der Waals surface area contributed by atoms with Crippen LogP contribution in [-0.4, -0.2) is 120 Å². The second-order valence-corrected chi connectivity index (χ2v) is 5.81. The summed E-state index contributed by atoms with van der Waals surface area (Å²) in [6.45, 7) is -1.20. The normalized spacial score (nSPS) is 46.7. The molecule has 2 heterocycles. The van der Waals surface area contributed by atoms with Gasteiger partial charge in [0, 0.05) is 0 Å². The number of aliphatic hydroxyl groups is 8. The number of amides is 2. The first-order valence-electron chi connectivity index (χ1n) is 7.29. The van der Waals surface area contributed by atoms with Crippen LogP contribution in [-0.2, 0) is 4.74 Å². The van der Waals surface area contributed by atoms with E-state index >= 15 is 0 Å². The van der Waals surface area contributed by atoms with E-state index in [1.54, 1.807) is 0 Å². The summed E-state index contributed by atoms with van der Waals surface area (Å²) in [6, 6.07) is -1.07. The largest absolute Gasteiger partial charge is 0.394 e. The summed E-state index contributed by atoms with van der Waals surface area (Å²) < 4.78 is 5.08. The van der Waals surface area contributed by atoms with Gasteiger partial charge in [-0.1, -0.05) is 0 Å². The molecule has 2 rings (SSSR count). The van der Waals surface area contributed by atoms with E-state index in [1.807, 2.05) is 0 Å². The molecule has 12 nitrogen and oxygen atoms in total. The van der Waals surface area contributed by atoms with Crippen molar-refractivity contribution in [3.05, 3.63) is 0 Å². The highest BCUT2D eigenvalue weighted by atomic mass is 16.6. The molecule has 12 heteroatoms. The molecule has 0 saturated carbocycles. The molecule has 2 amide bonds. The van der Waals surface area contributed by atoms with E-state index in [1.165, 1.54) is 0 Å². The fraction of sp³-hybridized carbons (Fsp3) is 0.917. The topological polar surface area (TPSA) is 203 Å². The molecule has 0 radical (unpaired) electrons. The number of β-amino-alcohol motifs (C(OH)–C–C–N with tert-alkyl or cyclic N) is 1. The fourth-order valence-electron chi connectivity index (χ4n) is 2.63. The van der Waals surface area contributed by atoms with E-state index in [-0.39, 0.29) is 0 Å². The number of hydrogen-bond donors (Lipinski definition) is 9. The summed E-state index contributed by atoms with van der Waals surface area (Å²) in [7, 11) is 0. The first-order valence-corrected chi connectivity index (χ1v) is 7.29. The van der Waals surface area contributed by atoms with Crippen LogP contribution in [0.15, 0.2) is 0 Å². The van der Waals surface area contributed by atoms with Crippen LogP contribution in [0.4, 0.5) is 4.79 Å². The van der Waals surface area contributed by atoms with Crippen LogP contribution in [0.2, 0.25) is 0 Å². The number of hydrogen-bond acceptors (Lipinski definition) is 10. The quantitative estimate of drug-likeness (QED) is 0.230. The summed E-state index contributed by atoms with van der Waals surface area (Å²) in [6.07, 6.45) is -14.6. The number of piperidine rings is 1. The maximum absolute atomic E-state index is 12.2. The van der Waals surface area contributed by atoms with Gasteiger partial charge in [-0.15, -0.1) is 0 Å². The lowest BCUT2D eigenvalue weighted by Gasteiger charge is -2.43. The van der Waals surface area contributed by atoms with Crippen LogP contribution in [0.25, 0.3) is 0 Å². The number of ether oxygens (including phenoxy) is 1. The minimum absolute atomic E-state index is 0.511. The van der Waals surface area contributed by atoms with Crippen molar-refractivity contribution in [2.45, 2.75) is 55.2 Å². The van der Waals surface area contributed by atoms with Gasteiger partial charge in [0.2, 0.25) is 0 Å². The van der Waals surface area contributed by atoms with Crippen LogP contribution in [0.1, 0.15) is 0 Å². The highest BCUT2D eigenvalue weighted by molar-refractivity contribution is 5.75. The third-order valence-electron chi connectivity index (χ3n) is 4.17. The van der Waals surface area contributed by atoms with Crippen molar-refractivity contribution in [2.75, 3.05) is 13.2 Å². The predicted octanol–water partition coefficient (Wildman–Crippen LogP) is -5.79. The number of urea groups is 1. The number of carbonyl (C=O) groups excluding carboxylic acids is 1. The summed E-state index contributed by atoms with van der Waals surface area (Å²) >= 11 is 0. The van der Waals surface area contributed by atoms with Gasteiger partial charge in [-0.3, -0.25) is 4.90 Å². The number of nitrogens with zero attached hydrogens (tertiary/aromatic N) is 1. The Hall–Kier alpha value is -1.09. The van der Waals surface area contributed by atoms with E-state index in [0.29, 0.717) is 4.90 Å². The molecule has 0 aromatic rings. The maximum Gasteiger partial charge on any atom is 0.321 e. The van der Waals surface area contributed by atoms with Gasteiger partial charge in [-0.05, 0) is 0 Å². The average molecular weight is 354 g/mol. The minimum atomic E-state index is -1.83. The predicted molar refractivity (Wildman–Crippen MR) is 73.0 cm³/mol. The first-order chi connectivity index (χ1) is 11.2. The lowest BCUT2D eigenvalue weighted by atomic mass is 9.98. The average Bonchev–Trinajstić information content (AvgIpc) is 2.56. The van der Waals surface area contributed by atoms with E-state index in [4.69, 9.17) is 9.84 Å².